The Balaban J connectivity index is 3.77. The number of rotatable bonds is 1. The lowest BCUT2D eigenvalue weighted by atomic mass is 10.4. The molecule has 76 valence electrons. The summed E-state index contributed by atoms with van der Waals surface area (Å²) >= 11 is 0. The van der Waals surface area contributed by atoms with E-state index < -0.39 is 26.4 Å². The summed E-state index contributed by atoms with van der Waals surface area (Å²) in [6, 6.07) is 3.68. The minimum Gasteiger partial charge on any atom is -0.503 e. The second kappa shape index (κ2) is 3.34. The van der Waals surface area contributed by atoms with Gasteiger partial charge in [0, 0.05) is 6.26 Å². The second-order valence-electron chi connectivity index (χ2n) is 2.96. The highest BCUT2D eigenvalue weighted by atomic mass is 32.2. The minimum atomic E-state index is -2.66. The number of aromatic hydroxyl groups is 2. The smallest absolute Gasteiger partial charge is 0.224 e. The van der Waals surface area contributed by atoms with E-state index in [0.29, 0.717) is 0 Å². The lowest BCUT2D eigenvalue weighted by Crippen LogP contribution is -1.97. The van der Waals surface area contributed by atoms with E-state index in [1.807, 2.05) is 0 Å². The predicted molar refractivity (Wildman–Crippen MR) is 55.5 cm³/mol. The van der Waals surface area contributed by atoms with Crippen molar-refractivity contribution >= 4 is 15.4 Å². The van der Waals surface area contributed by atoms with Crippen molar-refractivity contribution in [3.05, 3.63) is 28.4 Å². The highest BCUT2D eigenvalue weighted by molar-refractivity contribution is 7.99. The maximum absolute atomic E-state index is 11.5. The molecule has 4 nitrogen and oxygen atoms in total. The van der Waals surface area contributed by atoms with Gasteiger partial charge in [0.25, 0.3) is 0 Å². The number of hydrogen-bond acceptors (Lipinski definition) is 4. The lowest BCUT2D eigenvalue weighted by molar-refractivity contribution is 0.393. The fourth-order valence-electron chi connectivity index (χ4n) is 0.963. The third kappa shape index (κ3) is 1.88. The summed E-state index contributed by atoms with van der Waals surface area (Å²) in [7, 11) is -2.66. The van der Waals surface area contributed by atoms with Gasteiger partial charge in [-0.25, -0.2) is 0 Å². The van der Waals surface area contributed by atoms with Crippen LogP contribution in [0.3, 0.4) is 0 Å². The molecule has 0 radical (unpaired) electrons. The average molecular weight is 214 g/mol. The van der Waals surface area contributed by atoms with Crippen molar-refractivity contribution < 1.29 is 14.4 Å². The Kier molecular flexibility index (Phi) is 2.53. The molecule has 0 spiro atoms. The summed E-state index contributed by atoms with van der Waals surface area (Å²) in [5.74, 6) is 1.89. The molecule has 1 unspecified atom stereocenters. The SMILES string of the molecule is C=S(C)(=O)c1cccc(=O)c(O)c1O. The Morgan fingerprint density at radius 3 is 2.36 bits per heavy atom. The van der Waals surface area contributed by atoms with E-state index in [1.165, 1.54) is 18.4 Å². The van der Waals surface area contributed by atoms with Crippen molar-refractivity contribution in [1.82, 2.24) is 0 Å². The Morgan fingerprint density at radius 1 is 1.29 bits per heavy atom. The van der Waals surface area contributed by atoms with Gasteiger partial charge in [0.1, 0.15) is 0 Å². The minimum absolute atomic E-state index is 0.0305. The molecule has 1 atom stereocenters. The predicted octanol–water partition coefficient (Wildman–Crippen LogP) is 0.163. The molecule has 0 aromatic heterocycles. The largest absolute Gasteiger partial charge is 0.503 e. The first-order valence-electron chi connectivity index (χ1n) is 3.71. The van der Waals surface area contributed by atoms with Crippen LogP contribution in [0, 0.1) is 0 Å². The van der Waals surface area contributed by atoms with Crippen LogP contribution in [0.4, 0.5) is 0 Å². The van der Waals surface area contributed by atoms with Crippen LogP contribution in [-0.2, 0) is 9.52 Å². The number of hydrogen-bond donors (Lipinski definition) is 2. The standard InChI is InChI=1S/C9H10O4S/c1-14(2,13)7-5-3-4-6(10)8(11)9(7)12/h3-5H,1H2,2H3,(H2,10,11,12). The molecular weight excluding hydrogens is 204 g/mol. The Hall–Kier alpha value is -1.49. The fraction of sp³-hybridized carbons (Fsp3) is 0.111. The second-order valence-corrected chi connectivity index (χ2v) is 5.41. The molecule has 0 aliphatic carbocycles. The van der Waals surface area contributed by atoms with Gasteiger partial charge in [-0.2, -0.15) is 0 Å². The van der Waals surface area contributed by atoms with Crippen molar-refractivity contribution in [1.29, 1.82) is 0 Å². The average Bonchev–Trinajstić information content (AvgIpc) is 2.17. The summed E-state index contributed by atoms with van der Waals surface area (Å²) in [4.78, 5) is 11.0. The van der Waals surface area contributed by atoms with Crippen molar-refractivity contribution in [2.45, 2.75) is 4.90 Å². The van der Waals surface area contributed by atoms with Crippen molar-refractivity contribution in [2.75, 3.05) is 6.26 Å². The first-order valence-corrected chi connectivity index (χ1v) is 5.85. The highest BCUT2D eigenvalue weighted by Crippen LogP contribution is 2.27. The summed E-state index contributed by atoms with van der Waals surface area (Å²) in [6.07, 6.45) is 1.31. The highest BCUT2D eigenvalue weighted by Gasteiger charge is 2.12. The van der Waals surface area contributed by atoms with Gasteiger partial charge in [-0.3, -0.25) is 9.00 Å². The Labute approximate surface area is 81.5 Å². The van der Waals surface area contributed by atoms with E-state index in [4.69, 9.17) is 0 Å². The molecule has 2 N–H and O–H groups in total. The lowest BCUT2D eigenvalue weighted by Gasteiger charge is -2.02. The summed E-state index contributed by atoms with van der Waals surface area (Å²) < 4.78 is 11.5. The molecule has 0 aliphatic heterocycles. The van der Waals surface area contributed by atoms with Crippen LogP contribution >= 0.6 is 0 Å². The van der Waals surface area contributed by atoms with Gasteiger partial charge in [0.05, 0.1) is 4.90 Å². The molecule has 0 aliphatic rings. The first-order chi connectivity index (χ1) is 6.34. The van der Waals surface area contributed by atoms with Gasteiger partial charge < -0.3 is 10.2 Å². The molecule has 0 saturated heterocycles. The normalized spacial score (nSPS) is 14.6. The van der Waals surface area contributed by atoms with Crippen LogP contribution in [-0.4, -0.2) is 26.5 Å². The monoisotopic (exact) mass is 214 g/mol. The maximum atomic E-state index is 11.5. The first kappa shape index (κ1) is 10.6. The molecule has 1 aromatic rings. The van der Waals surface area contributed by atoms with Gasteiger partial charge in [0.15, 0.2) is 5.75 Å². The zero-order valence-corrected chi connectivity index (χ0v) is 8.37. The van der Waals surface area contributed by atoms with Gasteiger partial charge >= 0.3 is 0 Å². The van der Waals surface area contributed by atoms with Crippen molar-refractivity contribution in [2.24, 2.45) is 0 Å². The van der Waals surface area contributed by atoms with E-state index in [2.05, 4.69) is 5.87 Å². The van der Waals surface area contributed by atoms with Gasteiger partial charge in [-0.05, 0) is 27.5 Å². The molecule has 14 heavy (non-hydrogen) atoms. The molecule has 0 heterocycles. The molecule has 0 amide bonds. The van der Waals surface area contributed by atoms with Crippen molar-refractivity contribution in [3.63, 3.8) is 0 Å². The summed E-state index contributed by atoms with van der Waals surface area (Å²) in [5, 5.41) is 18.6. The van der Waals surface area contributed by atoms with Crippen LogP contribution < -0.4 is 5.43 Å². The molecule has 5 heteroatoms. The van der Waals surface area contributed by atoms with Crippen LogP contribution in [0.5, 0.6) is 11.5 Å². The Bertz CT molecular complexity index is 517. The van der Waals surface area contributed by atoms with Gasteiger partial charge in [-0.1, -0.05) is 6.07 Å². The van der Waals surface area contributed by atoms with Crippen LogP contribution in [0.1, 0.15) is 0 Å². The third-order valence-corrected chi connectivity index (χ3v) is 2.91. The molecule has 1 rings (SSSR count). The topological polar surface area (TPSA) is 74.6 Å². The van der Waals surface area contributed by atoms with Crippen LogP contribution in [0.2, 0.25) is 0 Å². The van der Waals surface area contributed by atoms with E-state index >= 15 is 0 Å². The van der Waals surface area contributed by atoms with Crippen molar-refractivity contribution in [3.8, 4) is 11.5 Å². The van der Waals surface area contributed by atoms with Crippen LogP contribution in [0.25, 0.3) is 0 Å². The summed E-state index contributed by atoms with van der Waals surface area (Å²) in [5.41, 5.74) is -0.725. The van der Waals surface area contributed by atoms with Crippen LogP contribution in [0.15, 0.2) is 27.9 Å². The molecule has 1 aromatic carbocycles. The fourth-order valence-corrected chi connectivity index (χ4v) is 1.83. The maximum Gasteiger partial charge on any atom is 0.224 e. The summed E-state index contributed by atoms with van der Waals surface area (Å²) in [6.45, 7) is 0. The molecular formula is C9H10O4S. The molecule has 0 fully saturated rings. The Morgan fingerprint density at radius 2 is 1.86 bits per heavy atom. The third-order valence-electron chi connectivity index (χ3n) is 1.65. The zero-order chi connectivity index (χ0) is 10.9. The van der Waals surface area contributed by atoms with E-state index in [0.717, 1.165) is 6.07 Å². The molecule has 0 bridgehead atoms. The van der Waals surface area contributed by atoms with Gasteiger partial charge in [-0.15, -0.1) is 0 Å². The molecule has 0 saturated carbocycles. The van der Waals surface area contributed by atoms with E-state index in [9.17, 15) is 19.2 Å². The zero-order valence-electron chi connectivity index (χ0n) is 7.56. The quantitative estimate of drug-likeness (QED) is 0.653. The van der Waals surface area contributed by atoms with E-state index in [-0.39, 0.29) is 4.90 Å². The van der Waals surface area contributed by atoms with E-state index in [1.54, 1.807) is 0 Å². The van der Waals surface area contributed by atoms with Gasteiger partial charge in [0.2, 0.25) is 11.2 Å².